The Labute approximate surface area is 215 Å². The largest absolute Gasteiger partial charge is 0.389 e. The first-order valence-corrected chi connectivity index (χ1v) is 12.5. The summed E-state index contributed by atoms with van der Waals surface area (Å²) < 4.78 is 13.4. The summed E-state index contributed by atoms with van der Waals surface area (Å²) in [6.07, 6.45) is -0.181. The topological polar surface area (TPSA) is 125 Å². The average Bonchev–Trinajstić information content (AvgIpc) is 2.75. The maximum Gasteiger partial charge on any atom is 0.317 e. The van der Waals surface area contributed by atoms with E-state index in [1.807, 2.05) is 20.8 Å². The van der Waals surface area contributed by atoms with Gasteiger partial charge < -0.3 is 26.4 Å². The molecule has 0 fully saturated rings. The second-order valence-corrected chi connectivity index (χ2v) is 11.6. The normalized spacial score (nSPS) is 14.6. The first-order valence-electron chi connectivity index (χ1n) is 12.5. The molecule has 0 aromatic heterocycles. The molecule has 0 aliphatic heterocycles. The highest BCUT2D eigenvalue weighted by atomic mass is 19.1. The lowest BCUT2D eigenvalue weighted by molar-refractivity contribution is -0.138. The van der Waals surface area contributed by atoms with Crippen molar-refractivity contribution in [3.63, 3.8) is 0 Å². The molecule has 3 atom stereocenters. The lowest BCUT2D eigenvalue weighted by Gasteiger charge is -2.34. The molecular formula is C27H45FN4O4. The van der Waals surface area contributed by atoms with Crippen LogP contribution in [0.25, 0.3) is 0 Å². The van der Waals surface area contributed by atoms with E-state index in [9.17, 15) is 23.9 Å². The molecule has 5 N–H and O–H groups in total. The van der Waals surface area contributed by atoms with Crippen LogP contribution < -0.4 is 16.4 Å². The Bertz CT molecular complexity index is 881. The molecule has 0 aliphatic carbocycles. The number of hydrogen-bond acceptors (Lipinski definition) is 4. The number of carbonyl (C=O) groups is 3. The summed E-state index contributed by atoms with van der Waals surface area (Å²) >= 11 is 0. The van der Waals surface area contributed by atoms with Crippen molar-refractivity contribution in [1.29, 1.82) is 0 Å². The molecule has 0 bridgehead atoms. The fourth-order valence-electron chi connectivity index (χ4n) is 3.45. The molecule has 0 saturated heterocycles. The van der Waals surface area contributed by atoms with Gasteiger partial charge in [-0.1, -0.05) is 46.8 Å². The lowest BCUT2D eigenvalue weighted by atomic mass is 9.78. The Kier molecular flexibility index (Phi) is 11.4. The van der Waals surface area contributed by atoms with E-state index >= 15 is 0 Å². The maximum atomic E-state index is 13.4. The summed E-state index contributed by atoms with van der Waals surface area (Å²) in [5.41, 5.74) is 4.63. The van der Waals surface area contributed by atoms with Crippen molar-refractivity contribution in [2.24, 2.45) is 23.0 Å². The predicted molar refractivity (Wildman–Crippen MR) is 139 cm³/mol. The molecule has 36 heavy (non-hydrogen) atoms. The maximum absolute atomic E-state index is 13.4. The first-order chi connectivity index (χ1) is 16.4. The van der Waals surface area contributed by atoms with E-state index in [0.29, 0.717) is 18.0 Å². The second-order valence-electron chi connectivity index (χ2n) is 11.6. The van der Waals surface area contributed by atoms with Crippen LogP contribution in [-0.4, -0.2) is 58.6 Å². The van der Waals surface area contributed by atoms with E-state index < -0.39 is 46.6 Å². The zero-order valence-corrected chi connectivity index (χ0v) is 23.0. The molecule has 1 aromatic rings. The molecule has 1 rings (SSSR count). The second kappa shape index (κ2) is 13.0. The fourth-order valence-corrected chi connectivity index (χ4v) is 3.45. The van der Waals surface area contributed by atoms with Crippen molar-refractivity contribution in [2.75, 3.05) is 13.1 Å². The number of primary amides is 1. The zero-order chi connectivity index (χ0) is 27.8. The number of halogens is 1. The zero-order valence-electron chi connectivity index (χ0n) is 23.0. The molecule has 1 unspecified atom stereocenters. The third-order valence-corrected chi connectivity index (χ3v) is 6.42. The van der Waals surface area contributed by atoms with E-state index in [1.54, 1.807) is 37.8 Å². The van der Waals surface area contributed by atoms with Crippen molar-refractivity contribution >= 4 is 17.8 Å². The smallest absolute Gasteiger partial charge is 0.317 e. The predicted octanol–water partition coefficient (Wildman–Crippen LogP) is 3.22. The molecule has 4 amide bonds. The average molecular weight is 509 g/mol. The van der Waals surface area contributed by atoms with Crippen LogP contribution in [0.4, 0.5) is 9.18 Å². The Morgan fingerprint density at radius 2 is 1.61 bits per heavy atom. The number of aliphatic hydroxyl groups excluding tert-OH is 1. The van der Waals surface area contributed by atoms with Crippen LogP contribution >= 0.6 is 0 Å². The number of nitrogens with zero attached hydrogens (tertiary/aromatic N) is 1. The summed E-state index contributed by atoms with van der Waals surface area (Å²) in [4.78, 5) is 39.5. The third kappa shape index (κ3) is 10.1. The quantitative estimate of drug-likeness (QED) is 0.346. The summed E-state index contributed by atoms with van der Waals surface area (Å²) in [5, 5.41) is 17.0. The van der Waals surface area contributed by atoms with Crippen LogP contribution in [-0.2, 0) is 16.0 Å². The number of nitrogens with two attached hydrogens (primary N) is 1. The number of carbonyl (C=O) groups excluding carboxylic acids is 3. The Hall–Kier alpha value is -2.68. The lowest BCUT2D eigenvalue weighted by Crippen LogP contribution is -2.56. The minimum Gasteiger partial charge on any atom is -0.389 e. The summed E-state index contributed by atoms with van der Waals surface area (Å²) in [6.45, 7) is 14.9. The number of amides is 4. The van der Waals surface area contributed by atoms with Crippen LogP contribution in [0.3, 0.4) is 0 Å². The van der Waals surface area contributed by atoms with Gasteiger partial charge in [-0.3, -0.25) is 9.59 Å². The number of rotatable bonds is 12. The van der Waals surface area contributed by atoms with Crippen molar-refractivity contribution in [3.05, 3.63) is 35.6 Å². The van der Waals surface area contributed by atoms with E-state index in [2.05, 4.69) is 24.5 Å². The first kappa shape index (κ1) is 31.4. The van der Waals surface area contributed by atoms with Gasteiger partial charge in [0.15, 0.2) is 0 Å². The standard InChI is InChI=1S/C27H45FN4O4/c1-17(2)13-14-32(25(36)31-26(4,5)6)16-22(33)21(15-19-9-11-20(28)12-10-19)30-23(34)18(3)27(7,8)24(29)35/h9-12,17-18,21-22,33H,13-16H2,1-8H3,(H2,29,35)(H,30,34)(H,31,36)/t18-,21-,22?/m0/s1. The van der Waals surface area contributed by atoms with Gasteiger partial charge in [0.1, 0.15) is 5.82 Å². The van der Waals surface area contributed by atoms with Gasteiger partial charge in [0, 0.05) is 18.0 Å². The van der Waals surface area contributed by atoms with Crippen LogP contribution in [0, 0.1) is 23.1 Å². The molecule has 0 radical (unpaired) electrons. The van der Waals surface area contributed by atoms with Gasteiger partial charge in [0.25, 0.3) is 0 Å². The number of hydrogen-bond donors (Lipinski definition) is 4. The monoisotopic (exact) mass is 508 g/mol. The van der Waals surface area contributed by atoms with Crippen LogP contribution in [0.5, 0.6) is 0 Å². The van der Waals surface area contributed by atoms with E-state index in [-0.39, 0.29) is 19.0 Å². The van der Waals surface area contributed by atoms with Crippen LogP contribution in [0.2, 0.25) is 0 Å². The van der Waals surface area contributed by atoms with Crippen molar-refractivity contribution in [1.82, 2.24) is 15.5 Å². The molecule has 1 aromatic carbocycles. The fraction of sp³-hybridized carbons (Fsp3) is 0.667. The molecular weight excluding hydrogens is 463 g/mol. The molecule has 0 heterocycles. The summed E-state index contributed by atoms with van der Waals surface area (Å²) in [5.74, 6) is -1.87. The molecule has 0 spiro atoms. The van der Waals surface area contributed by atoms with E-state index in [0.717, 1.165) is 6.42 Å². The van der Waals surface area contributed by atoms with Crippen molar-refractivity contribution in [2.45, 2.75) is 85.9 Å². The summed E-state index contributed by atoms with van der Waals surface area (Å²) in [6, 6.07) is 4.69. The number of benzene rings is 1. The van der Waals surface area contributed by atoms with E-state index in [1.165, 1.54) is 12.1 Å². The molecule has 204 valence electrons. The van der Waals surface area contributed by atoms with Gasteiger partial charge in [-0.2, -0.15) is 0 Å². The highest BCUT2D eigenvalue weighted by molar-refractivity contribution is 5.89. The number of urea groups is 1. The van der Waals surface area contributed by atoms with Crippen LogP contribution in [0.15, 0.2) is 24.3 Å². The van der Waals surface area contributed by atoms with Gasteiger partial charge in [0.2, 0.25) is 11.8 Å². The van der Waals surface area contributed by atoms with Gasteiger partial charge in [-0.15, -0.1) is 0 Å². The van der Waals surface area contributed by atoms with Crippen molar-refractivity contribution < 1.29 is 23.9 Å². The molecule has 9 heteroatoms. The SMILES string of the molecule is CC(C)CCN(CC(O)[C@H](Cc1ccc(F)cc1)NC(=O)[C@H](C)C(C)(C)C(N)=O)C(=O)NC(C)(C)C. The molecule has 8 nitrogen and oxygen atoms in total. The molecule has 0 saturated carbocycles. The van der Waals surface area contributed by atoms with E-state index in [4.69, 9.17) is 5.73 Å². The third-order valence-electron chi connectivity index (χ3n) is 6.42. The minimum absolute atomic E-state index is 0.0195. The highest BCUT2D eigenvalue weighted by Gasteiger charge is 2.38. The minimum atomic E-state index is -1.12. The summed E-state index contributed by atoms with van der Waals surface area (Å²) in [7, 11) is 0. The van der Waals surface area contributed by atoms with Gasteiger partial charge in [0.05, 0.1) is 24.1 Å². The van der Waals surface area contributed by atoms with Crippen molar-refractivity contribution in [3.8, 4) is 0 Å². The Morgan fingerprint density at radius 3 is 2.08 bits per heavy atom. The van der Waals surface area contributed by atoms with Gasteiger partial charge in [-0.25, -0.2) is 9.18 Å². The van der Waals surface area contributed by atoms with Crippen LogP contribution in [0.1, 0.15) is 67.4 Å². The number of nitrogens with one attached hydrogen (secondary N) is 2. The Balaban J connectivity index is 3.19. The van der Waals surface area contributed by atoms with Gasteiger partial charge >= 0.3 is 6.03 Å². The Morgan fingerprint density at radius 1 is 1.06 bits per heavy atom. The molecule has 0 aliphatic rings. The highest BCUT2D eigenvalue weighted by Crippen LogP contribution is 2.26. The number of aliphatic hydroxyl groups is 1. The van der Waals surface area contributed by atoms with Gasteiger partial charge in [-0.05, 0) is 57.2 Å².